The number of hydrogen-bond acceptors (Lipinski definition) is 3. The predicted molar refractivity (Wildman–Crippen MR) is 73.2 cm³/mol. The summed E-state index contributed by atoms with van der Waals surface area (Å²) < 4.78 is 38.8. The number of alkyl halides is 3. The second kappa shape index (κ2) is 5.82. The number of pyridine rings is 1. The van der Waals surface area contributed by atoms with Crippen LogP contribution in [0.5, 0.6) is 0 Å². The maximum Gasteiger partial charge on any atom is 0.418 e. The van der Waals surface area contributed by atoms with Crippen molar-refractivity contribution in [2.75, 3.05) is 17.7 Å². The monoisotopic (exact) mass is 295 g/mol. The third-order valence-electron chi connectivity index (χ3n) is 2.78. The van der Waals surface area contributed by atoms with Crippen LogP contribution in [-0.2, 0) is 6.18 Å². The van der Waals surface area contributed by atoms with Crippen LogP contribution in [0.2, 0.25) is 0 Å². The van der Waals surface area contributed by atoms with Gasteiger partial charge in [0, 0.05) is 13.2 Å². The highest BCUT2D eigenvalue weighted by molar-refractivity contribution is 6.08. The molecule has 0 fully saturated rings. The lowest BCUT2D eigenvalue weighted by molar-refractivity contribution is -0.136. The van der Waals surface area contributed by atoms with Gasteiger partial charge >= 0.3 is 6.18 Å². The predicted octanol–water partition coefficient (Wildman–Crippen LogP) is 3.39. The standard InChI is InChI=1S/C14H12F3N3O/c1-18-12-10(5-2-6-11(12)14(15,16)17)13(21)20-9-4-3-7-19-8-9/h2-8,18H,1H3,(H,20,21). The van der Waals surface area contributed by atoms with Crippen LogP contribution in [0.3, 0.4) is 0 Å². The summed E-state index contributed by atoms with van der Waals surface area (Å²) in [4.78, 5) is 15.9. The van der Waals surface area contributed by atoms with Crippen LogP contribution >= 0.6 is 0 Å². The van der Waals surface area contributed by atoms with E-state index >= 15 is 0 Å². The smallest absolute Gasteiger partial charge is 0.387 e. The molecule has 1 aromatic heterocycles. The molecule has 0 aliphatic carbocycles. The second-order valence-electron chi connectivity index (χ2n) is 4.17. The Morgan fingerprint density at radius 2 is 1.95 bits per heavy atom. The first kappa shape index (κ1) is 14.8. The van der Waals surface area contributed by atoms with Crippen LogP contribution in [0.4, 0.5) is 24.5 Å². The third-order valence-corrected chi connectivity index (χ3v) is 2.78. The van der Waals surface area contributed by atoms with Crippen LogP contribution in [-0.4, -0.2) is 17.9 Å². The normalized spacial score (nSPS) is 11.0. The summed E-state index contributed by atoms with van der Waals surface area (Å²) >= 11 is 0. The molecular weight excluding hydrogens is 283 g/mol. The molecule has 0 saturated carbocycles. The van der Waals surface area contributed by atoms with Gasteiger partial charge in [-0.15, -0.1) is 0 Å². The lowest BCUT2D eigenvalue weighted by Crippen LogP contribution is -2.17. The fraction of sp³-hybridized carbons (Fsp3) is 0.143. The molecule has 0 radical (unpaired) electrons. The number of hydrogen-bond donors (Lipinski definition) is 2. The van der Waals surface area contributed by atoms with Gasteiger partial charge < -0.3 is 10.6 Å². The number of rotatable bonds is 3. The highest BCUT2D eigenvalue weighted by atomic mass is 19.4. The molecule has 0 saturated heterocycles. The molecule has 0 atom stereocenters. The molecule has 4 nitrogen and oxygen atoms in total. The molecule has 1 amide bonds. The minimum absolute atomic E-state index is 0.0869. The fourth-order valence-electron chi connectivity index (χ4n) is 1.88. The summed E-state index contributed by atoms with van der Waals surface area (Å²) in [5.41, 5.74) is -0.826. The first-order valence-corrected chi connectivity index (χ1v) is 6.03. The zero-order valence-electron chi connectivity index (χ0n) is 11.0. The molecule has 110 valence electrons. The van der Waals surface area contributed by atoms with Gasteiger partial charge in [-0.05, 0) is 24.3 Å². The van der Waals surface area contributed by atoms with Gasteiger partial charge in [0.2, 0.25) is 0 Å². The Morgan fingerprint density at radius 3 is 2.52 bits per heavy atom. The third kappa shape index (κ3) is 3.31. The number of amides is 1. The number of anilines is 2. The van der Waals surface area contributed by atoms with Crippen molar-refractivity contribution < 1.29 is 18.0 Å². The van der Waals surface area contributed by atoms with Crippen molar-refractivity contribution >= 4 is 17.3 Å². The maximum absolute atomic E-state index is 12.9. The number of carbonyl (C=O) groups excluding carboxylic acids is 1. The molecule has 7 heteroatoms. The highest BCUT2D eigenvalue weighted by Crippen LogP contribution is 2.36. The Morgan fingerprint density at radius 1 is 1.19 bits per heavy atom. The van der Waals surface area contributed by atoms with Crippen LogP contribution < -0.4 is 10.6 Å². The number of nitrogens with one attached hydrogen (secondary N) is 2. The van der Waals surface area contributed by atoms with E-state index in [2.05, 4.69) is 15.6 Å². The van der Waals surface area contributed by atoms with Gasteiger partial charge in [0.15, 0.2) is 0 Å². The van der Waals surface area contributed by atoms with Gasteiger partial charge in [0.25, 0.3) is 5.91 Å². The van der Waals surface area contributed by atoms with Gasteiger partial charge in [-0.1, -0.05) is 6.07 Å². The maximum atomic E-state index is 12.9. The molecule has 21 heavy (non-hydrogen) atoms. The van der Waals surface area contributed by atoms with E-state index in [1.54, 1.807) is 12.1 Å². The summed E-state index contributed by atoms with van der Waals surface area (Å²) in [7, 11) is 1.34. The van der Waals surface area contributed by atoms with E-state index in [1.165, 1.54) is 31.6 Å². The fourth-order valence-corrected chi connectivity index (χ4v) is 1.88. The van der Waals surface area contributed by atoms with Gasteiger partial charge in [0.1, 0.15) is 0 Å². The number of benzene rings is 1. The average Bonchev–Trinajstić information content (AvgIpc) is 2.46. The first-order valence-electron chi connectivity index (χ1n) is 6.03. The van der Waals surface area contributed by atoms with Crippen molar-refractivity contribution in [2.45, 2.75) is 6.18 Å². The van der Waals surface area contributed by atoms with Crippen molar-refractivity contribution in [3.8, 4) is 0 Å². The van der Waals surface area contributed by atoms with Crippen LogP contribution in [0, 0.1) is 0 Å². The van der Waals surface area contributed by atoms with Crippen LogP contribution in [0.1, 0.15) is 15.9 Å². The Balaban J connectivity index is 2.38. The average molecular weight is 295 g/mol. The zero-order valence-corrected chi connectivity index (χ0v) is 11.0. The molecule has 1 heterocycles. The van der Waals surface area contributed by atoms with Crippen LogP contribution in [0.15, 0.2) is 42.7 Å². The molecule has 2 N–H and O–H groups in total. The van der Waals surface area contributed by atoms with E-state index in [9.17, 15) is 18.0 Å². The van der Waals surface area contributed by atoms with Crippen molar-refractivity contribution in [2.24, 2.45) is 0 Å². The van der Waals surface area contributed by atoms with Crippen molar-refractivity contribution in [3.63, 3.8) is 0 Å². The topological polar surface area (TPSA) is 54.0 Å². The van der Waals surface area contributed by atoms with E-state index in [4.69, 9.17) is 0 Å². The molecule has 1 aromatic carbocycles. The van der Waals surface area contributed by atoms with E-state index in [0.29, 0.717) is 5.69 Å². The summed E-state index contributed by atoms with van der Waals surface area (Å²) in [5.74, 6) is -0.640. The van der Waals surface area contributed by atoms with Crippen molar-refractivity contribution in [3.05, 3.63) is 53.9 Å². The first-order chi connectivity index (χ1) is 9.93. The van der Waals surface area contributed by atoms with Crippen molar-refractivity contribution in [1.82, 2.24) is 4.98 Å². The Kier molecular flexibility index (Phi) is 4.11. The van der Waals surface area contributed by atoms with Gasteiger partial charge in [0.05, 0.1) is 28.7 Å². The van der Waals surface area contributed by atoms with E-state index in [0.717, 1.165) is 6.07 Å². The molecular formula is C14H12F3N3O. The Hall–Kier alpha value is -2.57. The second-order valence-corrected chi connectivity index (χ2v) is 4.17. The molecule has 0 spiro atoms. The van der Waals surface area contributed by atoms with Gasteiger partial charge in [-0.2, -0.15) is 13.2 Å². The molecule has 2 aromatic rings. The highest BCUT2D eigenvalue weighted by Gasteiger charge is 2.34. The summed E-state index contributed by atoms with van der Waals surface area (Å²) in [6, 6.07) is 6.65. The summed E-state index contributed by atoms with van der Waals surface area (Å²) in [6.45, 7) is 0. The van der Waals surface area contributed by atoms with Crippen molar-refractivity contribution in [1.29, 1.82) is 0 Å². The van der Waals surface area contributed by atoms with E-state index in [1.807, 2.05) is 0 Å². The zero-order chi connectivity index (χ0) is 15.5. The summed E-state index contributed by atoms with van der Waals surface area (Å²) in [6.07, 6.45) is -1.60. The van der Waals surface area contributed by atoms with Crippen LogP contribution in [0.25, 0.3) is 0 Å². The number of halogens is 3. The molecule has 0 aliphatic heterocycles. The number of nitrogens with zero attached hydrogens (tertiary/aromatic N) is 1. The molecule has 0 bridgehead atoms. The minimum Gasteiger partial charge on any atom is -0.387 e. The lowest BCUT2D eigenvalue weighted by Gasteiger charge is -2.16. The number of aromatic nitrogens is 1. The van der Waals surface area contributed by atoms with Gasteiger partial charge in [-0.25, -0.2) is 0 Å². The Bertz CT molecular complexity index is 642. The minimum atomic E-state index is -4.54. The largest absolute Gasteiger partial charge is 0.418 e. The quantitative estimate of drug-likeness (QED) is 0.912. The molecule has 0 aliphatic rings. The van der Waals surface area contributed by atoms with Gasteiger partial charge in [-0.3, -0.25) is 9.78 Å². The number of para-hydroxylation sites is 1. The number of carbonyl (C=O) groups is 1. The molecule has 0 unspecified atom stereocenters. The SMILES string of the molecule is CNc1c(C(=O)Nc2cccnc2)cccc1C(F)(F)F. The lowest BCUT2D eigenvalue weighted by atomic mass is 10.1. The summed E-state index contributed by atoms with van der Waals surface area (Å²) in [5, 5.41) is 4.94. The van der Waals surface area contributed by atoms with E-state index < -0.39 is 17.6 Å². The molecule has 2 rings (SSSR count). The van der Waals surface area contributed by atoms with E-state index in [-0.39, 0.29) is 11.3 Å². The Labute approximate surface area is 119 Å².